The summed E-state index contributed by atoms with van der Waals surface area (Å²) >= 11 is 0. The van der Waals surface area contributed by atoms with Crippen LogP contribution >= 0.6 is 15.6 Å². The minimum Gasteiger partial charge on any atom is -0.462 e. The zero-order valence-corrected chi connectivity index (χ0v) is 66.7. The van der Waals surface area contributed by atoms with E-state index in [-0.39, 0.29) is 25.7 Å². The molecule has 3 N–H and O–H groups in total. The van der Waals surface area contributed by atoms with Gasteiger partial charge in [0.1, 0.15) is 19.3 Å². The largest absolute Gasteiger partial charge is 0.472 e. The number of ether oxygens (including phenoxy) is 4. The van der Waals surface area contributed by atoms with Gasteiger partial charge in [0.05, 0.1) is 26.4 Å². The van der Waals surface area contributed by atoms with Crippen LogP contribution in [0, 0.1) is 0 Å². The molecule has 2 unspecified atom stereocenters. The number of phosphoric acid groups is 2. The van der Waals surface area contributed by atoms with Gasteiger partial charge in [0, 0.05) is 25.7 Å². The summed E-state index contributed by atoms with van der Waals surface area (Å²) in [6.45, 7) is 4.61. The second-order valence-electron chi connectivity index (χ2n) is 26.3. The Labute approximate surface area is 630 Å². The minimum absolute atomic E-state index is 0.0104. The van der Waals surface area contributed by atoms with Gasteiger partial charge in [-0.1, -0.05) is 270 Å². The number of rotatable bonds is 74. The molecule has 0 saturated carbocycles. The van der Waals surface area contributed by atoms with E-state index in [1.807, 2.05) is 24.3 Å². The van der Waals surface area contributed by atoms with E-state index in [2.05, 4.69) is 149 Å². The Bertz CT molecular complexity index is 2540. The van der Waals surface area contributed by atoms with E-state index in [4.69, 9.17) is 37.0 Å². The summed E-state index contributed by atoms with van der Waals surface area (Å²) in [7, 11) is -10.0. The van der Waals surface area contributed by atoms with Gasteiger partial charge in [-0.05, 0) is 161 Å². The molecule has 0 saturated heterocycles. The minimum atomic E-state index is -5.00. The van der Waals surface area contributed by atoms with Gasteiger partial charge in [-0.25, -0.2) is 9.13 Å². The molecule has 17 nitrogen and oxygen atoms in total. The Hall–Kier alpha value is -5.06. The van der Waals surface area contributed by atoms with Crippen molar-refractivity contribution in [1.82, 2.24) is 0 Å². The molecule has 0 aromatic carbocycles. The summed E-state index contributed by atoms with van der Waals surface area (Å²) in [5.74, 6) is -2.34. The number of carbonyl (C=O) groups excluding carboxylic acids is 4. The number of allylic oxidation sites excluding steroid dienone is 24. The van der Waals surface area contributed by atoms with E-state index in [1.54, 1.807) is 0 Å². The van der Waals surface area contributed by atoms with Crippen molar-refractivity contribution in [2.24, 2.45) is 0 Å². The zero-order chi connectivity index (χ0) is 76.0. The third-order valence-electron chi connectivity index (χ3n) is 16.3. The van der Waals surface area contributed by atoms with E-state index < -0.39 is 97.5 Å². The van der Waals surface area contributed by atoms with Crippen molar-refractivity contribution in [3.63, 3.8) is 0 Å². The zero-order valence-electron chi connectivity index (χ0n) is 64.9. The third kappa shape index (κ3) is 75.2. The highest BCUT2D eigenvalue weighted by atomic mass is 31.2. The second-order valence-corrected chi connectivity index (χ2v) is 29.2. The van der Waals surface area contributed by atoms with Crippen molar-refractivity contribution in [2.75, 3.05) is 39.6 Å². The monoisotopic (exact) mass is 1500 g/mol. The lowest BCUT2D eigenvalue weighted by Gasteiger charge is -2.21. The molecule has 104 heavy (non-hydrogen) atoms. The molecule has 0 fully saturated rings. The summed E-state index contributed by atoms with van der Waals surface area (Å²) in [6.07, 6.45) is 86.9. The molecule has 0 amide bonds. The second kappa shape index (κ2) is 76.1. The normalized spacial score (nSPS) is 14.6. The molecule has 0 aliphatic rings. The maximum Gasteiger partial charge on any atom is 0.472 e. The maximum atomic E-state index is 13.1. The highest BCUT2D eigenvalue weighted by molar-refractivity contribution is 7.47. The fraction of sp³-hybridized carbons (Fsp3) is 0.671. The van der Waals surface area contributed by atoms with Crippen LogP contribution < -0.4 is 0 Å². The molecule has 0 bridgehead atoms. The van der Waals surface area contributed by atoms with Gasteiger partial charge in [0.15, 0.2) is 12.2 Å². The lowest BCUT2D eigenvalue weighted by atomic mass is 10.1. The number of aliphatic hydroxyl groups is 1. The summed E-state index contributed by atoms with van der Waals surface area (Å²) < 4.78 is 68.5. The molecule has 594 valence electrons. The fourth-order valence-electron chi connectivity index (χ4n) is 10.1. The van der Waals surface area contributed by atoms with Gasteiger partial charge in [-0.2, -0.15) is 0 Å². The fourth-order valence-corrected chi connectivity index (χ4v) is 11.7. The Kier molecular flexibility index (Phi) is 72.4. The van der Waals surface area contributed by atoms with Crippen LogP contribution in [0.4, 0.5) is 0 Å². The summed E-state index contributed by atoms with van der Waals surface area (Å²) in [6, 6.07) is 0. The average molecular weight is 1500 g/mol. The quantitative estimate of drug-likeness (QED) is 0.0128. The van der Waals surface area contributed by atoms with Crippen LogP contribution in [0.2, 0.25) is 0 Å². The number of hydrogen-bond donors (Lipinski definition) is 3. The lowest BCUT2D eigenvalue weighted by molar-refractivity contribution is -0.161. The SMILES string of the molecule is CCCCC/C=C\C/C=C\C/C=C\C/C=C\CCCC(=O)OC[C@H](COP(=O)(O)OC[C@H](O)COP(=O)(O)OC[C@@H](COC(=O)CCCCCCC/C=C\C=C/CCCCCC)OC(=O)CCC/C=C\C/C=C\C/C=C\C/C=C\CCCCC)OC(=O)CCCCCCC/C=C\C/C=C\CCCCC. The van der Waals surface area contributed by atoms with Gasteiger partial charge in [0.2, 0.25) is 0 Å². The summed E-state index contributed by atoms with van der Waals surface area (Å²) in [5.41, 5.74) is 0. The maximum absolute atomic E-state index is 13.1. The van der Waals surface area contributed by atoms with Gasteiger partial charge in [-0.15, -0.1) is 0 Å². The molecule has 0 rings (SSSR count). The molecule has 0 aromatic heterocycles. The van der Waals surface area contributed by atoms with Crippen LogP contribution in [-0.4, -0.2) is 96.7 Å². The van der Waals surface area contributed by atoms with E-state index >= 15 is 0 Å². The standard InChI is InChI=1S/C85H142O17P2/c1-5-9-13-17-21-25-29-33-37-39-43-46-50-54-58-62-66-70-83(88)96-76-80(101-84(89)71-67-63-59-55-51-47-42-36-32-28-24-20-16-12-8-4)77-99-103(91,92)97-73-79(86)74-98-104(93,94)100-78-81(75-95-82(87)69-65-61-57-53-49-45-41-35-31-27-23-19-15-11-7-3)102-85(90)72-68-64-60-56-52-48-44-40-38-34-30-26-22-18-14-10-6-2/h21-22,24-28,31,33-38,41-44,46,48,54,56,58,60,79-81,86H,5-20,23,29-30,32,39-40,45,47,49-53,55,57,59,61-78H2,1-4H3,(H,91,92)(H,93,94)/b25-21-,26-22-,28-24-,31-27-,37-33-,38-34-,41-35-,42-36-,46-43-,48-44-,58-54-,60-56-/t79-,80+,81+/m0/s1. The first-order valence-corrected chi connectivity index (χ1v) is 43.1. The Balaban J connectivity index is 5.50. The lowest BCUT2D eigenvalue weighted by Crippen LogP contribution is -2.30. The molecule has 19 heteroatoms. The summed E-state index contributed by atoms with van der Waals surface area (Å²) in [5, 5.41) is 10.6. The molecule has 0 radical (unpaired) electrons. The smallest absolute Gasteiger partial charge is 0.462 e. The Morgan fingerprint density at radius 1 is 0.279 bits per heavy atom. The third-order valence-corrected chi connectivity index (χ3v) is 18.2. The van der Waals surface area contributed by atoms with E-state index in [1.165, 1.54) is 83.5 Å². The number of phosphoric ester groups is 2. The number of aliphatic hydroxyl groups excluding tert-OH is 1. The van der Waals surface area contributed by atoms with Crippen molar-refractivity contribution >= 4 is 39.5 Å². The highest BCUT2D eigenvalue weighted by Gasteiger charge is 2.30. The number of hydrogen-bond acceptors (Lipinski definition) is 15. The van der Waals surface area contributed by atoms with Gasteiger partial charge in [-0.3, -0.25) is 37.3 Å². The first-order chi connectivity index (χ1) is 50.7. The van der Waals surface area contributed by atoms with Gasteiger partial charge < -0.3 is 33.8 Å². The van der Waals surface area contributed by atoms with Gasteiger partial charge in [0.25, 0.3) is 0 Å². The molecule has 0 aromatic rings. The van der Waals surface area contributed by atoms with Crippen molar-refractivity contribution in [2.45, 2.75) is 329 Å². The highest BCUT2D eigenvalue weighted by Crippen LogP contribution is 2.45. The van der Waals surface area contributed by atoms with Crippen LogP contribution in [0.25, 0.3) is 0 Å². The molecular weight excluding hydrogens is 1350 g/mol. The predicted molar refractivity (Wildman–Crippen MR) is 427 cm³/mol. The molecule has 0 spiro atoms. The first-order valence-electron chi connectivity index (χ1n) is 40.1. The van der Waals surface area contributed by atoms with Crippen LogP contribution in [-0.2, 0) is 65.4 Å². The van der Waals surface area contributed by atoms with E-state index in [0.29, 0.717) is 38.5 Å². The number of esters is 4. The summed E-state index contributed by atoms with van der Waals surface area (Å²) in [4.78, 5) is 73.0. The van der Waals surface area contributed by atoms with Crippen molar-refractivity contribution < 1.29 is 80.2 Å². The Morgan fingerprint density at radius 3 is 0.846 bits per heavy atom. The van der Waals surface area contributed by atoms with Crippen molar-refractivity contribution in [3.8, 4) is 0 Å². The van der Waals surface area contributed by atoms with Crippen LogP contribution in [0.15, 0.2) is 146 Å². The Morgan fingerprint density at radius 2 is 0.510 bits per heavy atom. The molecule has 0 aliphatic heterocycles. The first kappa shape index (κ1) is 98.9. The van der Waals surface area contributed by atoms with Crippen molar-refractivity contribution in [3.05, 3.63) is 146 Å². The molecule has 5 atom stereocenters. The van der Waals surface area contributed by atoms with Crippen LogP contribution in [0.3, 0.4) is 0 Å². The van der Waals surface area contributed by atoms with Gasteiger partial charge >= 0.3 is 39.5 Å². The van der Waals surface area contributed by atoms with E-state index in [9.17, 15) is 43.2 Å². The number of carbonyl (C=O) groups is 4. The number of unbranched alkanes of at least 4 members (excludes halogenated alkanes) is 25. The molecule has 0 heterocycles. The predicted octanol–water partition coefficient (Wildman–Crippen LogP) is 23.4. The topological polar surface area (TPSA) is 237 Å². The molecule has 0 aliphatic carbocycles. The van der Waals surface area contributed by atoms with E-state index in [0.717, 1.165) is 135 Å². The average Bonchev–Trinajstić information content (AvgIpc) is 0.909. The van der Waals surface area contributed by atoms with Crippen LogP contribution in [0.1, 0.15) is 310 Å². The van der Waals surface area contributed by atoms with Crippen LogP contribution in [0.5, 0.6) is 0 Å². The van der Waals surface area contributed by atoms with Crippen molar-refractivity contribution in [1.29, 1.82) is 0 Å². The molecular formula is C85H142O17P2.